The van der Waals surface area contributed by atoms with Crippen LogP contribution in [-0.4, -0.2) is 40.6 Å². The minimum Gasteiger partial charge on any atom is -0.481 e. The van der Waals surface area contributed by atoms with E-state index in [4.69, 9.17) is 0 Å². The number of amides is 2. The van der Waals surface area contributed by atoms with Crippen LogP contribution in [0, 0.1) is 5.41 Å². The van der Waals surface area contributed by atoms with Crippen molar-refractivity contribution in [1.82, 2.24) is 10.2 Å². The van der Waals surface area contributed by atoms with Gasteiger partial charge in [0.05, 0.1) is 5.41 Å². The molecule has 1 atom stereocenters. The monoisotopic (exact) mass is 282 g/mol. The summed E-state index contributed by atoms with van der Waals surface area (Å²) in [6.45, 7) is 5.00. The van der Waals surface area contributed by atoms with E-state index in [9.17, 15) is 14.7 Å². The zero-order chi connectivity index (χ0) is 14.8. The maximum Gasteiger partial charge on any atom is 0.317 e. The van der Waals surface area contributed by atoms with Crippen molar-refractivity contribution in [1.29, 1.82) is 0 Å². The SMILES string of the molecule is CCC1(NC(=O)N2CCCC(CC)(C(=O)O)C2)CCC1. The molecule has 0 radical (unpaired) electrons. The normalized spacial score (nSPS) is 28.6. The Morgan fingerprint density at radius 2 is 1.85 bits per heavy atom. The number of nitrogens with one attached hydrogen (secondary N) is 1. The summed E-state index contributed by atoms with van der Waals surface area (Å²) >= 11 is 0. The van der Waals surface area contributed by atoms with Gasteiger partial charge in [0.1, 0.15) is 0 Å². The molecule has 0 aromatic heterocycles. The molecule has 1 unspecified atom stereocenters. The molecule has 5 nitrogen and oxygen atoms in total. The smallest absolute Gasteiger partial charge is 0.317 e. The third-order valence-corrected chi connectivity index (χ3v) is 5.35. The number of carboxylic acids is 1. The topological polar surface area (TPSA) is 69.6 Å². The highest BCUT2D eigenvalue weighted by molar-refractivity contribution is 5.79. The number of aliphatic carboxylic acids is 1. The first-order valence-electron chi connectivity index (χ1n) is 7.77. The quantitative estimate of drug-likeness (QED) is 0.832. The summed E-state index contributed by atoms with van der Waals surface area (Å²) < 4.78 is 0. The van der Waals surface area contributed by atoms with E-state index in [-0.39, 0.29) is 11.6 Å². The highest BCUT2D eigenvalue weighted by atomic mass is 16.4. The second kappa shape index (κ2) is 5.62. The molecule has 1 aliphatic heterocycles. The number of nitrogens with zero attached hydrogens (tertiary/aromatic N) is 1. The number of urea groups is 1. The maximum atomic E-state index is 12.4. The fraction of sp³-hybridized carbons (Fsp3) is 0.867. The van der Waals surface area contributed by atoms with Gasteiger partial charge in [0, 0.05) is 18.6 Å². The van der Waals surface area contributed by atoms with Gasteiger partial charge >= 0.3 is 12.0 Å². The summed E-state index contributed by atoms with van der Waals surface area (Å²) in [5.41, 5.74) is -0.790. The summed E-state index contributed by atoms with van der Waals surface area (Å²) in [7, 11) is 0. The highest BCUT2D eigenvalue weighted by Crippen LogP contribution is 2.36. The highest BCUT2D eigenvalue weighted by Gasteiger charge is 2.44. The Morgan fingerprint density at radius 1 is 1.15 bits per heavy atom. The van der Waals surface area contributed by atoms with Crippen LogP contribution in [0.15, 0.2) is 0 Å². The maximum absolute atomic E-state index is 12.4. The molecule has 1 heterocycles. The van der Waals surface area contributed by atoms with Crippen LogP contribution in [0.4, 0.5) is 4.79 Å². The Balaban J connectivity index is 2.01. The van der Waals surface area contributed by atoms with E-state index in [1.54, 1.807) is 4.90 Å². The van der Waals surface area contributed by atoms with Gasteiger partial charge in [-0.2, -0.15) is 0 Å². The molecule has 0 aromatic rings. The van der Waals surface area contributed by atoms with Crippen LogP contribution in [-0.2, 0) is 4.79 Å². The fourth-order valence-corrected chi connectivity index (χ4v) is 3.40. The molecule has 20 heavy (non-hydrogen) atoms. The Kier molecular flexibility index (Phi) is 4.25. The van der Waals surface area contributed by atoms with E-state index in [1.165, 1.54) is 6.42 Å². The molecule has 2 fully saturated rings. The Hall–Kier alpha value is -1.26. The molecule has 0 aromatic carbocycles. The van der Waals surface area contributed by atoms with Crippen LogP contribution >= 0.6 is 0 Å². The number of hydrogen-bond donors (Lipinski definition) is 2. The third-order valence-electron chi connectivity index (χ3n) is 5.35. The van der Waals surface area contributed by atoms with E-state index < -0.39 is 11.4 Å². The average Bonchev–Trinajstić information content (AvgIpc) is 2.42. The number of likely N-dealkylation sites (tertiary alicyclic amines) is 1. The molecule has 0 bridgehead atoms. The van der Waals surface area contributed by atoms with Gasteiger partial charge in [-0.3, -0.25) is 4.79 Å². The van der Waals surface area contributed by atoms with E-state index in [1.807, 2.05) is 6.92 Å². The molecule has 1 saturated heterocycles. The van der Waals surface area contributed by atoms with Crippen molar-refractivity contribution in [3.8, 4) is 0 Å². The summed E-state index contributed by atoms with van der Waals surface area (Å²) in [6, 6.07) is -0.0784. The predicted molar refractivity (Wildman–Crippen MR) is 76.6 cm³/mol. The van der Waals surface area contributed by atoms with Crippen molar-refractivity contribution in [3.05, 3.63) is 0 Å². The first-order valence-corrected chi connectivity index (χ1v) is 7.77. The van der Waals surface area contributed by atoms with Crippen LogP contribution in [0.2, 0.25) is 0 Å². The van der Waals surface area contributed by atoms with Gasteiger partial charge < -0.3 is 15.3 Å². The Bertz CT molecular complexity index is 387. The van der Waals surface area contributed by atoms with Crippen LogP contribution in [0.25, 0.3) is 0 Å². The number of piperidine rings is 1. The van der Waals surface area contributed by atoms with Crippen molar-refractivity contribution in [2.75, 3.05) is 13.1 Å². The summed E-state index contributed by atoms with van der Waals surface area (Å²) in [5.74, 6) is -0.772. The molecule has 2 rings (SSSR count). The van der Waals surface area contributed by atoms with Crippen LogP contribution in [0.5, 0.6) is 0 Å². The molecule has 5 heteroatoms. The predicted octanol–water partition coefficient (Wildman–Crippen LogP) is 2.61. The number of carbonyl (C=O) groups excluding carboxylic acids is 1. The molecule has 1 saturated carbocycles. The minimum atomic E-state index is -0.772. The standard InChI is InChI=1S/C15H26N2O3/c1-3-14(12(18)19)7-6-10-17(11-14)13(20)16-15(4-2)8-5-9-15/h3-11H2,1-2H3,(H,16,20)(H,18,19). The molecule has 2 amide bonds. The summed E-state index contributed by atoms with van der Waals surface area (Å²) in [6.07, 6.45) is 6.22. The molecule has 2 N–H and O–H groups in total. The zero-order valence-electron chi connectivity index (χ0n) is 12.6. The minimum absolute atomic E-state index is 0.0351. The van der Waals surface area contributed by atoms with Crippen LogP contribution in [0.1, 0.15) is 58.8 Å². The number of carboxylic acid groups (broad SMARTS) is 1. The van der Waals surface area contributed by atoms with E-state index in [0.717, 1.165) is 25.7 Å². The molecule has 1 aliphatic carbocycles. The number of rotatable bonds is 4. The van der Waals surface area contributed by atoms with Crippen LogP contribution < -0.4 is 5.32 Å². The van der Waals surface area contributed by atoms with Gasteiger partial charge in [-0.1, -0.05) is 13.8 Å². The lowest BCUT2D eigenvalue weighted by molar-refractivity contribution is -0.152. The van der Waals surface area contributed by atoms with E-state index in [0.29, 0.717) is 25.9 Å². The third kappa shape index (κ3) is 2.63. The lowest BCUT2D eigenvalue weighted by Gasteiger charge is -2.45. The van der Waals surface area contributed by atoms with Gasteiger partial charge in [0.25, 0.3) is 0 Å². The molecular weight excluding hydrogens is 256 g/mol. The van der Waals surface area contributed by atoms with E-state index >= 15 is 0 Å². The summed E-state index contributed by atoms with van der Waals surface area (Å²) in [4.78, 5) is 25.6. The van der Waals surface area contributed by atoms with Crippen molar-refractivity contribution in [3.63, 3.8) is 0 Å². The van der Waals surface area contributed by atoms with Crippen molar-refractivity contribution in [2.45, 2.75) is 64.3 Å². The Morgan fingerprint density at radius 3 is 2.30 bits per heavy atom. The summed E-state index contributed by atoms with van der Waals surface area (Å²) in [5, 5.41) is 12.6. The van der Waals surface area contributed by atoms with Crippen molar-refractivity contribution < 1.29 is 14.7 Å². The van der Waals surface area contributed by atoms with Crippen LogP contribution in [0.3, 0.4) is 0 Å². The second-order valence-electron chi connectivity index (χ2n) is 6.38. The fourth-order valence-electron chi connectivity index (χ4n) is 3.40. The van der Waals surface area contributed by atoms with Gasteiger partial charge in [-0.25, -0.2) is 4.79 Å². The average molecular weight is 282 g/mol. The number of carbonyl (C=O) groups is 2. The Labute approximate surface area is 120 Å². The van der Waals surface area contributed by atoms with E-state index in [2.05, 4.69) is 12.2 Å². The lowest BCUT2D eigenvalue weighted by atomic mass is 9.74. The molecular formula is C15H26N2O3. The van der Waals surface area contributed by atoms with Gasteiger partial charge in [-0.05, 0) is 44.9 Å². The van der Waals surface area contributed by atoms with Gasteiger partial charge in [-0.15, -0.1) is 0 Å². The second-order valence-corrected chi connectivity index (χ2v) is 6.38. The van der Waals surface area contributed by atoms with Gasteiger partial charge in [0.15, 0.2) is 0 Å². The van der Waals surface area contributed by atoms with Crippen molar-refractivity contribution >= 4 is 12.0 Å². The zero-order valence-corrected chi connectivity index (χ0v) is 12.6. The lowest BCUT2D eigenvalue weighted by Crippen LogP contribution is -2.59. The van der Waals surface area contributed by atoms with Gasteiger partial charge in [0.2, 0.25) is 0 Å². The first kappa shape index (κ1) is 15.1. The molecule has 0 spiro atoms. The number of hydrogen-bond acceptors (Lipinski definition) is 2. The van der Waals surface area contributed by atoms with Crippen molar-refractivity contribution in [2.24, 2.45) is 5.41 Å². The molecule has 114 valence electrons. The molecule has 2 aliphatic rings. The first-order chi connectivity index (χ1) is 9.47. The largest absolute Gasteiger partial charge is 0.481 e.